The van der Waals surface area contributed by atoms with E-state index in [0.29, 0.717) is 19.1 Å². The third kappa shape index (κ3) is 4.39. The highest BCUT2D eigenvalue weighted by Gasteiger charge is 2.27. The first-order chi connectivity index (χ1) is 7.41. The van der Waals surface area contributed by atoms with Crippen molar-refractivity contribution < 1.29 is 9.53 Å². The Labute approximate surface area is 98.3 Å². The number of hydrogen-bond acceptors (Lipinski definition) is 3. The van der Waals surface area contributed by atoms with Crippen molar-refractivity contribution in [1.29, 1.82) is 0 Å². The van der Waals surface area contributed by atoms with Crippen molar-refractivity contribution >= 4 is 6.09 Å². The van der Waals surface area contributed by atoms with E-state index >= 15 is 0 Å². The Balaban J connectivity index is 2.47. The van der Waals surface area contributed by atoms with E-state index in [2.05, 4.69) is 19.2 Å². The van der Waals surface area contributed by atoms with E-state index in [1.54, 1.807) is 0 Å². The molecule has 1 fully saturated rings. The first-order valence-corrected chi connectivity index (χ1v) is 6.07. The van der Waals surface area contributed by atoms with Gasteiger partial charge in [0.05, 0.1) is 6.61 Å². The van der Waals surface area contributed by atoms with Gasteiger partial charge in [-0.15, -0.1) is 0 Å². The van der Waals surface area contributed by atoms with Crippen molar-refractivity contribution in [1.82, 2.24) is 10.2 Å². The maximum atomic E-state index is 11.8. The van der Waals surface area contributed by atoms with Crippen molar-refractivity contribution in [3.05, 3.63) is 0 Å². The molecule has 1 heterocycles. The van der Waals surface area contributed by atoms with E-state index in [9.17, 15) is 4.79 Å². The predicted octanol–water partition coefficient (Wildman–Crippen LogP) is 1.85. The highest BCUT2D eigenvalue weighted by molar-refractivity contribution is 5.67. The lowest BCUT2D eigenvalue weighted by Crippen LogP contribution is -2.48. The molecule has 1 saturated heterocycles. The van der Waals surface area contributed by atoms with Gasteiger partial charge in [0, 0.05) is 18.6 Å². The van der Waals surface area contributed by atoms with Crippen molar-refractivity contribution in [2.75, 3.05) is 26.2 Å². The van der Waals surface area contributed by atoms with Gasteiger partial charge in [-0.05, 0) is 32.7 Å². The molecule has 0 radical (unpaired) electrons. The molecule has 1 rings (SSSR count). The van der Waals surface area contributed by atoms with Crippen LogP contribution in [0, 0.1) is 5.92 Å². The van der Waals surface area contributed by atoms with Crippen LogP contribution in [-0.4, -0.2) is 42.8 Å². The maximum Gasteiger partial charge on any atom is 0.409 e. The summed E-state index contributed by atoms with van der Waals surface area (Å²) < 4.78 is 5.25. The van der Waals surface area contributed by atoms with E-state index < -0.39 is 0 Å². The monoisotopic (exact) mass is 228 g/mol. The van der Waals surface area contributed by atoms with E-state index in [4.69, 9.17) is 4.74 Å². The summed E-state index contributed by atoms with van der Waals surface area (Å²) in [5, 5.41) is 3.42. The molecule has 1 aliphatic rings. The zero-order valence-electron chi connectivity index (χ0n) is 10.9. The Morgan fingerprint density at radius 2 is 2.19 bits per heavy atom. The third-order valence-electron chi connectivity index (χ3n) is 2.59. The summed E-state index contributed by atoms with van der Waals surface area (Å²) in [6, 6.07) is 0. The highest BCUT2D eigenvalue weighted by atomic mass is 16.6. The van der Waals surface area contributed by atoms with Crippen molar-refractivity contribution in [3.63, 3.8) is 0 Å². The molecule has 0 spiro atoms. The lowest BCUT2D eigenvalue weighted by molar-refractivity contribution is 0.0874. The lowest BCUT2D eigenvalue weighted by atomic mass is 10.1. The second-order valence-corrected chi connectivity index (χ2v) is 5.56. The Hall–Kier alpha value is -0.770. The minimum absolute atomic E-state index is 0.0205. The summed E-state index contributed by atoms with van der Waals surface area (Å²) in [7, 11) is 0. The number of carbonyl (C=O) groups excluding carboxylic acids is 1. The number of nitrogens with zero attached hydrogens (tertiary/aromatic N) is 1. The predicted molar refractivity (Wildman–Crippen MR) is 64.5 cm³/mol. The average molecular weight is 228 g/mol. The van der Waals surface area contributed by atoms with Crippen LogP contribution >= 0.6 is 0 Å². The maximum absolute atomic E-state index is 11.8. The molecular formula is C12H24N2O2. The molecule has 0 saturated carbocycles. The molecule has 4 nitrogen and oxygen atoms in total. The molecule has 0 unspecified atom stereocenters. The van der Waals surface area contributed by atoms with Gasteiger partial charge < -0.3 is 15.0 Å². The van der Waals surface area contributed by atoms with Crippen molar-refractivity contribution in [2.45, 2.75) is 39.7 Å². The fraction of sp³-hybridized carbons (Fsp3) is 0.917. The summed E-state index contributed by atoms with van der Waals surface area (Å²) in [5.41, 5.74) is -0.0205. The van der Waals surface area contributed by atoms with Crippen LogP contribution in [-0.2, 0) is 4.74 Å². The molecule has 0 aromatic rings. The van der Waals surface area contributed by atoms with Gasteiger partial charge in [-0.2, -0.15) is 0 Å². The second kappa shape index (κ2) is 5.53. The van der Waals surface area contributed by atoms with Gasteiger partial charge >= 0.3 is 6.09 Å². The van der Waals surface area contributed by atoms with Gasteiger partial charge in [-0.1, -0.05) is 13.8 Å². The molecule has 1 N–H and O–H groups in total. The summed E-state index contributed by atoms with van der Waals surface area (Å²) in [6.07, 6.45) is 0.811. The smallest absolute Gasteiger partial charge is 0.409 e. The topological polar surface area (TPSA) is 41.6 Å². The van der Waals surface area contributed by atoms with Crippen LogP contribution in [0.5, 0.6) is 0 Å². The Morgan fingerprint density at radius 3 is 2.81 bits per heavy atom. The van der Waals surface area contributed by atoms with Gasteiger partial charge in [0.2, 0.25) is 0 Å². The van der Waals surface area contributed by atoms with Crippen LogP contribution in [0.15, 0.2) is 0 Å². The lowest BCUT2D eigenvalue weighted by Gasteiger charge is -2.29. The molecule has 0 aromatic carbocycles. The van der Waals surface area contributed by atoms with Crippen LogP contribution in [0.1, 0.15) is 34.1 Å². The summed E-state index contributed by atoms with van der Waals surface area (Å²) in [6.45, 7) is 11.3. The molecule has 0 atom stereocenters. The summed E-state index contributed by atoms with van der Waals surface area (Å²) in [4.78, 5) is 13.6. The van der Waals surface area contributed by atoms with Gasteiger partial charge in [0.25, 0.3) is 0 Å². The first-order valence-electron chi connectivity index (χ1n) is 6.07. The number of nitrogens with one attached hydrogen (secondary N) is 1. The average Bonchev–Trinajstić information content (AvgIpc) is 2.35. The van der Waals surface area contributed by atoms with Gasteiger partial charge in [0.15, 0.2) is 0 Å². The van der Waals surface area contributed by atoms with Crippen LogP contribution < -0.4 is 5.32 Å². The molecule has 1 aliphatic heterocycles. The standard InChI is InChI=1S/C12H24N2O2/c1-10(2)8-16-11(15)14-7-5-6-13-12(3,4)9-14/h10,13H,5-9H2,1-4H3. The van der Waals surface area contributed by atoms with Crippen LogP contribution in [0.4, 0.5) is 4.79 Å². The van der Waals surface area contributed by atoms with E-state index in [1.165, 1.54) is 0 Å². The third-order valence-corrected chi connectivity index (χ3v) is 2.59. The number of rotatable bonds is 2. The van der Waals surface area contributed by atoms with Gasteiger partial charge in [-0.3, -0.25) is 0 Å². The summed E-state index contributed by atoms with van der Waals surface area (Å²) in [5.74, 6) is 0.391. The molecule has 16 heavy (non-hydrogen) atoms. The van der Waals surface area contributed by atoms with E-state index in [-0.39, 0.29) is 11.6 Å². The Bertz CT molecular complexity index is 239. The fourth-order valence-corrected chi connectivity index (χ4v) is 1.79. The molecule has 0 aliphatic carbocycles. The van der Waals surface area contributed by atoms with Gasteiger partial charge in [-0.25, -0.2) is 4.79 Å². The molecular weight excluding hydrogens is 204 g/mol. The first kappa shape index (κ1) is 13.3. The number of hydrogen-bond donors (Lipinski definition) is 1. The molecule has 0 aromatic heterocycles. The van der Waals surface area contributed by atoms with Crippen molar-refractivity contribution in [3.8, 4) is 0 Å². The fourth-order valence-electron chi connectivity index (χ4n) is 1.79. The zero-order valence-corrected chi connectivity index (χ0v) is 10.9. The minimum atomic E-state index is -0.175. The molecule has 4 heteroatoms. The van der Waals surface area contributed by atoms with Crippen molar-refractivity contribution in [2.24, 2.45) is 5.92 Å². The minimum Gasteiger partial charge on any atom is -0.449 e. The zero-order chi connectivity index (χ0) is 12.2. The van der Waals surface area contributed by atoms with Crippen LogP contribution in [0.25, 0.3) is 0 Å². The number of amides is 1. The van der Waals surface area contributed by atoms with Crippen LogP contribution in [0.3, 0.4) is 0 Å². The second-order valence-electron chi connectivity index (χ2n) is 5.56. The van der Waals surface area contributed by atoms with Gasteiger partial charge in [0.1, 0.15) is 0 Å². The highest BCUT2D eigenvalue weighted by Crippen LogP contribution is 2.11. The van der Waals surface area contributed by atoms with E-state index in [1.807, 2.05) is 18.7 Å². The molecule has 0 bridgehead atoms. The Morgan fingerprint density at radius 1 is 1.50 bits per heavy atom. The quantitative estimate of drug-likeness (QED) is 0.784. The van der Waals surface area contributed by atoms with E-state index in [0.717, 1.165) is 19.5 Å². The largest absolute Gasteiger partial charge is 0.449 e. The number of ether oxygens (including phenoxy) is 1. The normalized spacial score (nSPS) is 20.7. The SMILES string of the molecule is CC(C)COC(=O)N1CCCNC(C)(C)C1. The Kier molecular flexibility index (Phi) is 4.59. The van der Waals surface area contributed by atoms with Crippen LogP contribution in [0.2, 0.25) is 0 Å². The number of carbonyl (C=O) groups is 1. The molecule has 1 amide bonds. The summed E-state index contributed by atoms with van der Waals surface area (Å²) >= 11 is 0. The molecule has 94 valence electrons.